The van der Waals surface area contributed by atoms with Gasteiger partial charge in [0.1, 0.15) is 0 Å². The van der Waals surface area contributed by atoms with Crippen LogP contribution in [0.25, 0.3) is 17.2 Å². The summed E-state index contributed by atoms with van der Waals surface area (Å²) in [7, 11) is 0. The molecule has 1 N–H and O–H groups in total. The van der Waals surface area contributed by atoms with Gasteiger partial charge < -0.3 is 4.57 Å². The molecule has 3 heterocycles. The average Bonchev–Trinajstić information content (AvgIpc) is 3.50. The maximum Gasteiger partial charge on any atom is 0.221 e. The van der Waals surface area contributed by atoms with Gasteiger partial charge in [0.05, 0.1) is 12.2 Å². The lowest BCUT2D eigenvalue weighted by Crippen LogP contribution is -2.17. The van der Waals surface area contributed by atoms with E-state index in [4.69, 9.17) is 11.6 Å². The number of aromatic nitrogens is 8. The van der Waals surface area contributed by atoms with Gasteiger partial charge in [-0.05, 0) is 63.2 Å². The van der Waals surface area contributed by atoms with Crippen molar-refractivity contribution in [2.45, 2.75) is 85.1 Å². The van der Waals surface area contributed by atoms with Crippen LogP contribution in [0.2, 0.25) is 5.28 Å². The Morgan fingerprint density at radius 2 is 1.71 bits per heavy atom. The van der Waals surface area contributed by atoms with Crippen LogP contribution in [0.1, 0.15) is 84.0 Å². The molecule has 0 aliphatic heterocycles. The van der Waals surface area contributed by atoms with Crippen molar-refractivity contribution in [3.8, 4) is 17.2 Å². The maximum atomic E-state index is 6.36. The molecular weight excluding hydrogens is 460 g/mol. The molecule has 1 aromatic carbocycles. The molecule has 4 rings (SSSR count). The van der Waals surface area contributed by atoms with Crippen molar-refractivity contribution in [2.24, 2.45) is 0 Å². The van der Waals surface area contributed by atoms with E-state index >= 15 is 0 Å². The number of hydrogen-bond acceptors (Lipinski definition) is 5. The highest BCUT2D eigenvalue weighted by molar-refractivity contribution is 6.28. The Balaban J connectivity index is 1.75. The smallest absolute Gasteiger partial charge is 0.221 e. The van der Waals surface area contributed by atoms with Gasteiger partial charge in [0.2, 0.25) is 5.28 Å². The van der Waals surface area contributed by atoms with Crippen molar-refractivity contribution in [2.75, 3.05) is 0 Å². The van der Waals surface area contributed by atoms with Gasteiger partial charge in [-0.25, -0.2) is 14.8 Å². The first kappa shape index (κ1) is 25.1. The van der Waals surface area contributed by atoms with E-state index in [0.717, 1.165) is 42.0 Å². The van der Waals surface area contributed by atoms with Crippen LogP contribution in [0.3, 0.4) is 0 Å². The second kappa shape index (κ2) is 9.57. The lowest BCUT2D eigenvalue weighted by molar-refractivity contribution is 0.556. The van der Waals surface area contributed by atoms with Gasteiger partial charge in [0, 0.05) is 23.2 Å². The third kappa shape index (κ3) is 5.32. The summed E-state index contributed by atoms with van der Waals surface area (Å²) in [6.45, 7) is 16.1. The first-order chi connectivity index (χ1) is 16.5. The SMILES string of the molecule is CCCCc1nc(Cl)n(Cc2ccc(-n3c(C(C)(C)C)cc(C(C)(C)C)c3-c3nnn[nH]3)cc2)n1. The minimum Gasteiger partial charge on any atom is -0.310 e. The fourth-order valence-corrected chi connectivity index (χ4v) is 4.42. The van der Waals surface area contributed by atoms with Crippen LogP contribution in [-0.4, -0.2) is 40.0 Å². The molecule has 3 aromatic heterocycles. The molecule has 0 aliphatic rings. The van der Waals surface area contributed by atoms with Gasteiger partial charge >= 0.3 is 0 Å². The van der Waals surface area contributed by atoms with Crippen LogP contribution in [-0.2, 0) is 23.8 Å². The van der Waals surface area contributed by atoms with E-state index < -0.39 is 0 Å². The predicted octanol–water partition coefficient (Wildman–Crippen LogP) is 5.89. The van der Waals surface area contributed by atoms with Gasteiger partial charge in [-0.1, -0.05) is 67.0 Å². The zero-order valence-corrected chi connectivity index (χ0v) is 22.5. The third-order valence-electron chi connectivity index (χ3n) is 6.10. The van der Waals surface area contributed by atoms with E-state index in [-0.39, 0.29) is 10.8 Å². The van der Waals surface area contributed by atoms with E-state index in [1.54, 1.807) is 4.68 Å². The fraction of sp³-hybridized carbons (Fsp3) is 0.500. The van der Waals surface area contributed by atoms with Gasteiger partial charge in [0.25, 0.3) is 0 Å². The predicted molar refractivity (Wildman–Crippen MR) is 139 cm³/mol. The number of unbranched alkanes of at least 4 members (excludes halogenated alkanes) is 1. The normalized spacial score (nSPS) is 12.5. The van der Waals surface area contributed by atoms with E-state index in [1.165, 1.54) is 11.3 Å². The summed E-state index contributed by atoms with van der Waals surface area (Å²) in [5.41, 5.74) is 5.35. The van der Waals surface area contributed by atoms with Crippen molar-refractivity contribution in [1.29, 1.82) is 0 Å². The summed E-state index contributed by atoms with van der Waals surface area (Å²) in [5, 5.41) is 20.0. The third-order valence-corrected chi connectivity index (χ3v) is 6.38. The number of tetrazole rings is 1. The molecule has 0 saturated carbocycles. The Morgan fingerprint density at radius 3 is 2.29 bits per heavy atom. The van der Waals surface area contributed by atoms with Crippen molar-refractivity contribution in [3.63, 3.8) is 0 Å². The summed E-state index contributed by atoms with van der Waals surface area (Å²) in [6.07, 6.45) is 3.01. The van der Waals surface area contributed by atoms with E-state index in [9.17, 15) is 0 Å². The Kier molecular flexibility index (Phi) is 6.86. The van der Waals surface area contributed by atoms with Gasteiger partial charge in [-0.2, -0.15) is 5.10 Å². The number of halogens is 1. The van der Waals surface area contributed by atoms with Crippen molar-refractivity contribution in [1.82, 2.24) is 40.0 Å². The fourth-order valence-electron chi connectivity index (χ4n) is 4.23. The van der Waals surface area contributed by atoms with Crippen LogP contribution < -0.4 is 0 Å². The van der Waals surface area contributed by atoms with Crippen LogP contribution in [0.15, 0.2) is 30.3 Å². The number of benzene rings is 1. The van der Waals surface area contributed by atoms with Crippen molar-refractivity contribution < 1.29 is 0 Å². The van der Waals surface area contributed by atoms with E-state index in [0.29, 0.717) is 17.7 Å². The molecule has 0 atom stereocenters. The lowest BCUT2D eigenvalue weighted by Gasteiger charge is -2.23. The molecule has 0 aliphatic carbocycles. The number of hydrogen-bond donors (Lipinski definition) is 1. The molecule has 186 valence electrons. The van der Waals surface area contributed by atoms with Crippen LogP contribution in [0.5, 0.6) is 0 Å². The average molecular weight is 495 g/mol. The molecule has 8 nitrogen and oxygen atoms in total. The minimum atomic E-state index is -0.0906. The molecule has 9 heteroatoms. The molecular formula is C26H35ClN8. The Morgan fingerprint density at radius 1 is 1.00 bits per heavy atom. The van der Waals surface area contributed by atoms with Gasteiger partial charge in [-0.15, -0.1) is 5.10 Å². The van der Waals surface area contributed by atoms with Crippen molar-refractivity contribution >= 4 is 11.6 Å². The molecule has 4 aromatic rings. The molecule has 0 spiro atoms. The van der Waals surface area contributed by atoms with Crippen LogP contribution in [0, 0.1) is 0 Å². The second-order valence-corrected chi connectivity index (χ2v) is 11.4. The number of rotatable bonds is 7. The highest BCUT2D eigenvalue weighted by Gasteiger charge is 2.31. The number of aryl methyl sites for hydroxylation is 1. The highest BCUT2D eigenvalue weighted by Crippen LogP contribution is 2.40. The zero-order chi connectivity index (χ0) is 25.4. The molecule has 0 saturated heterocycles. The van der Waals surface area contributed by atoms with Crippen molar-refractivity contribution in [3.05, 3.63) is 58.3 Å². The topological polar surface area (TPSA) is 90.1 Å². The quantitative estimate of drug-likeness (QED) is 0.346. The van der Waals surface area contributed by atoms with E-state index in [1.807, 2.05) is 0 Å². The molecule has 35 heavy (non-hydrogen) atoms. The molecule has 0 unspecified atom stereocenters. The molecule has 0 radical (unpaired) electrons. The largest absolute Gasteiger partial charge is 0.310 e. The number of nitrogens with zero attached hydrogens (tertiary/aromatic N) is 7. The molecule has 0 bridgehead atoms. The first-order valence-corrected chi connectivity index (χ1v) is 12.6. The minimum absolute atomic E-state index is 0.0898. The maximum absolute atomic E-state index is 6.36. The van der Waals surface area contributed by atoms with Gasteiger partial charge in [-0.3, -0.25) is 0 Å². The molecule has 0 amide bonds. The summed E-state index contributed by atoms with van der Waals surface area (Å²) in [5.74, 6) is 1.46. The standard InChI is InChI=1S/C26H35ClN8/c1-8-9-10-21-28-24(27)34(31-21)16-17-11-13-18(14-12-17)35-20(26(5,6)7)15-19(25(2,3)4)22(35)23-29-32-33-30-23/h11-15H,8-10,16H2,1-7H3,(H,29,30,32,33). The lowest BCUT2D eigenvalue weighted by atomic mass is 9.85. The number of aromatic amines is 1. The Hall–Kier alpha value is -3.00. The Labute approximate surface area is 212 Å². The van der Waals surface area contributed by atoms with Crippen LogP contribution >= 0.6 is 11.6 Å². The Bertz CT molecular complexity index is 1270. The molecule has 0 fully saturated rings. The zero-order valence-electron chi connectivity index (χ0n) is 21.7. The monoisotopic (exact) mass is 494 g/mol. The summed E-state index contributed by atoms with van der Waals surface area (Å²) < 4.78 is 4.04. The van der Waals surface area contributed by atoms with Crippen LogP contribution in [0.4, 0.5) is 0 Å². The first-order valence-electron chi connectivity index (χ1n) is 12.2. The highest BCUT2D eigenvalue weighted by atomic mass is 35.5. The van der Waals surface area contributed by atoms with E-state index in [2.05, 4.69) is 114 Å². The second-order valence-electron chi connectivity index (χ2n) is 11.1. The summed E-state index contributed by atoms with van der Waals surface area (Å²) in [6, 6.07) is 10.8. The number of H-pyrrole nitrogens is 1. The number of nitrogens with one attached hydrogen (secondary N) is 1. The van der Waals surface area contributed by atoms with Gasteiger partial charge in [0.15, 0.2) is 11.6 Å². The summed E-state index contributed by atoms with van der Waals surface area (Å²) >= 11 is 6.36. The summed E-state index contributed by atoms with van der Waals surface area (Å²) in [4.78, 5) is 4.40.